The van der Waals surface area contributed by atoms with Crippen LogP contribution in [0.5, 0.6) is 17.2 Å². The molecule has 3 aromatic rings. The quantitative estimate of drug-likeness (QED) is 0.694. The second-order valence-electron chi connectivity index (χ2n) is 5.75. The Kier molecular flexibility index (Phi) is 5.61. The molecule has 1 aromatic heterocycles. The largest absolute Gasteiger partial charge is 0.493 e. The number of nitrogens with zero attached hydrogens (tertiary/aromatic N) is 2. The van der Waals surface area contributed by atoms with E-state index >= 15 is 0 Å². The van der Waals surface area contributed by atoms with Gasteiger partial charge in [-0.1, -0.05) is 30.3 Å². The van der Waals surface area contributed by atoms with Gasteiger partial charge in [-0.25, -0.2) is 0 Å². The first-order valence-corrected chi connectivity index (χ1v) is 8.33. The summed E-state index contributed by atoms with van der Waals surface area (Å²) in [4.78, 5) is 12.7. The normalized spacial score (nSPS) is 10.3. The summed E-state index contributed by atoms with van der Waals surface area (Å²) in [6.07, 6.45) is 3.38. The zero-order valence-corrected chi connectivity index (χ0v) is 15.4. The van der Waals surface area contributed by atoms with Crippen molar-refractivity contribution >= 4 is 11.6 Å². The van der Waals surface area contributed by atoms with E-state index in [2.05, 4.69) is 10.4 Å². The van der Waals surface area contributed by atoms with Crippen molar-refractivity contribution in [3.63, 3.8) is 0 Å². The smallest absolute Gasteiger partial charge is 0.259 e. The molecule has 0 aliphatic carbocycles. The fraction of sp³-hybridized carbons (Fsp3) is 0.200. The maximum Gasteiger partial charge on any atom is 0.259 e. The van der Waals surface area contributed by atoms with Gasteiger partial charge in [0.2, 0.25) is 5.75 Å². The summed E-state index contributed by atoms with van der Waals surface area (Å²) < 4.78 is 17.7. The van der Waals surface area contributed by atoms with E-state index in [1.165, 1.54) is 21.3 Å². The molecule has 0 aliphatic heterocycles. The van der Waals surface area contributed by atoms with Gasteiger partial charge in [-0.05, 0) is 17.7 Å². The highest BCUT2D eigenvalue weighted by molar-refractivity contribution is 6.06. The monoisotopic (exact) mass is 367 g/mol. The summed E-state index contributed by atoms with van der Waals surface area (Å²) in [5.41, 5.74) is 2.05. The molecule has 1 N–H and O–H groups in total. The van der Waals surface area contributed by atoms with Gasteiger partial charge in [-0.15, -0.1) is 0 Å². The van der Waals surface area contributed by atoms with Crippen LogP contribution in [0.1, 0.15) is 15.9 Å². The van der Waals surface area contributed by atoms with Crippen molar-refractivity contribution in [2.45, 2.75) is 6.54 Å². The van der Waals surface area contributed by atoms with Crippen molar-refractivity contribution in [1.29, 1.82) is 0 Å². The van der Waals surface area contributed by atoms with Crippen molar-refractivity contribution in [2.24, 2.45) is 0 Å². The molecule has 0 saturated heterocycles. The molecular formula is C20H21N3O4. The summed E-state index contributed by atoms with van der Waals surface area (Å²) in [5, 5.41) is 7.12. The van der Waals surface area contributed by atoms with E-state index in [1.807, 2.05) is 30.3 Å². The van der Waals surface area contributed by atoms with E-state index in [-0.39, 0.29) is 5.91 Å². The fourth-order valence-corrected chi connectivity index (χ4v) is 2.76. The molecule has 0 aliphatic rings. The second kappa shape index (κ2) is 8.27. The van der Waals surface area contributed by atoms with Crippen LogP contribution in [0.2, 0.25) is 0 Å². The van der Waals surface area contributed by atoms with Crippen molar-refractivity contribution in [1.82, 2.24) is 9.78 Å². The van der Waals surface area contributed by atoms with Gasteiger partial charge < -0.3 is 19.5 Å². The number of benzene rings is 2. The standard InChI is InChI=1S/C20H21N3O4/c1-25-17-10-9-16(18(26-2)19(17)27-3)20(24)22-15-11-21-23(13-15)12-14-7-5-4-6-8-14/h4-11,13H,12H2,1-3H3,(H,22,24). The molecule has 3 rings (SSSR count). The Bertz CT molecular complexity index is 922. The Morgan fingerprint density at radius 2 is 1.74 bits per heavy atom. The molecule has 140 valence electrons. The van der Waals surface area contributed by atoms with Crippen molar-refractivity contribution in [2.75, 3.05) is 26.6 Å². The second-order valence-corrected chi connectivity index (χ2v) is 5.75. The minimum absolute atomic E-state index is 0.311. The maximum absolute atomic E-state index is 12.7. The average molecular weight is 367 g/mol. The Morgan fingerprint density at radius 1 is 1.00 bits per heavy atom. The lowest BCUT2D eigenvalue weighted by Crippen LogP contribution is -2.13. The topological polar surface area (TPSA) is 74.6 Å². The van der Waals surface area contributed by atoms with Gasteiger partial charge in [0.05, 0.1) is 45.3 Å². The van der Waals surface area contributed by atoms with Crippen LogP contribution in [0, 0.1) is 0 Å². The lowest BCUT2D eigenvalue weighted by atomic mass is 10.1. The predicted octanol–water partition coefficient (Wildman–Crippen LogP) is 3.21. The zero-order chi connectivity index (χ0) is 19.2. The third-order valence-electron chi connectivity index (χ3n) is 4.03. The summed E-state index contributed by atoms with van der Waals surface area (Å²) in [6, 6.07) is 13.3. The summed E-state index contributed by atoms with van der Waals surface area (Å²) in [7, 11) is 4.50. The van der Waals surface area contributed by atoms with Gasteiger partial charge in [0.1, 0.15) is 0 Å². The number of ether oxygens (including phenoxy) is 3. The summed E-state index contributed by atoms with van der Waals surface area (Å²) >= 11 is 0. The fourth-order valence-electron chi connectivity index (χ4n) is 2.76. The highest BCUT2D eigenvalue weighted by atomic mass is 16.5. The third kappa shape index (κ3) is 4.03. The molecule has 0 unspecified atom stereocenters. The zero-order valence-electron chi connectivity index (χ0n) is 15.4. The molecule has 27 heavy (non-hydrogen) atoms. The van der Waals surface area contributed by atoms with Crippen LogP contribution in [0.15, 0.2) is 54.9 Å². The Labute approximate surface area is 157 Å². The number of anilines is 1. The van der Waals surface area contributed by atoms with E-state index in [0.29, 0.717) is 35.0 Å². The summed E-state index contributed by atoms with van der Waals surface area (Å²) in [5.74, 6) is 0.840. The number of methoxy groups -OCH3 is 3. The van der Waals surface area contributed by atoms with Crippen LogP contribution < -0.4 is 19.5 Å². The number of hydrogen-bond donors (Lipinski definition) is 1. The molecule has 1 amide bonds. The highest BCUT2D eigenvalue weighted by Gasteiger charge is 2.21. The van der Waals surface area contributed by atoms with Crippen molar-refractivity contribution in [3.8, 4) is 17.2 Å². The van der Waals surface area contributed by atoms with Crippen LogP contribution in [0.4, 0.5) is 5.69 Å². The van der Waals surface area contributed by atoms with Gasteiger partial charge in [-0.3, -0.25) is 9.48 Å². The Hall–Kier alpha value is -3.48. The lowest BCUT2D eigenvalue weighted by Gasteiger charge is -2.15. The third-order valence-corrected chi connectivity index (χ3v) is 4.03. The van der Waals surface area contributed by atoms with Gasteiger partial charge in [0.15, 0.2) is 11.5 Å². The van der Waals surface area contributed by atoms with Gasteiger partial charge in [-0.2, -0.15) is 5.10 Å². The number of hydrogen-bond acceptors (Lipinski definition) is 5. The molecule has 0 atom stereocenters. The molecule has 0 bridgehead atoms. The lowest BCUT2D eigenvalue weighted by molar-refractivity contribution is 0.102. The molecular weight excluding hydrogens is 346 g/mol. The molecule has 0 spiro atoms. The van der Waals surface area contributed by atoms with Crippen LogP contribution in [0.3, 0.4) is 0 Å². The average Bonchev–Trinajstić information content (AvgIpc) is 3.13. The first-order chi connectivity index (χ1) is 13.2. The minimum atomic E-state index is -0.327. The molecule has 0 saturated carbocycles. The van der Waals surface area contributed by atoms with E-state index in [9.17, 15) is 4.79 Å². The first-order valence-electron chi connectivity index (χ1n) is 8.33. The van der Waals surface area contributed by atoms with Gasteiger partial charge >= 0.3 is 0 Å². The number of rotatable bonds is 7. The molecule has 7 nitrogen and oxygen atoms in total. The Balaban J connectivity index is 1.78. The molecule has 7 heteroatoms. The number of carbonyl (C=O) groups is 1. The number of nitrogens with one attached hydrogen (secondary N) is 1. The van der Waals surface area contributed by atoms with Gasteiger partial charge in [0.25, 0.3) is 5.91 Å². The van der Waals surface area contributed by atoms with Crippen LogP contribution in [-0.2, 0) is 6.54 Å². The van der Waals surface area contributed by atoms with Crippen LogP contribution in [0.25, 0.3) is 0 Å². The SMILES string of the molecule is COc1ccc(C(=O)Nc2cnn(Cc3ccccc3)c2)c(OC)c1OC. The number of amides is 1. The van der Waals surface area contributed by atoms with Crippen LogP contribution in [-0.4, -0.2) is 37.0 Å². The van der Waals surface area contributed by atoms with E-state index in [1.54, 1.807) is 29.2 Å². The number of carbonyl (C=O) groups excluding carboxylic acids is 1. The summed E-state index contributed by atoms with van der Waals surface area (Å²) in [6.45, 7) is 0.621. The molecule has 1 heterocycles. The van der Waals surface area contributed by atoms with Gasteiger partial charge in [0, 0.05) is 6.20 Å². The molecule has 0 radical (unpaired) electrons. The molecule has 0 fully saturated rings. The van der Waals surface area contributed by atoms with E-state index in [4.69, 9.17) is 14.2 Å². The van der Waals surface area contributed by atoms with Crippen LogP contribution >= 0.6 is 0 Å². The first kappa shape index (κ1) is 18.3. The van der Waals surface area contributed by atoms with E-state index < -0.39 is 0 Å². The maximum atomic E-state index is 12.7. The Morgan fingerprint density at radius 3 is 2.41 bits per heavy atom. The predicted molar refractivity (Wildman–Crippen MR) is 102 cm³/mol. The number of aromatic nitrogens is 2. The highest BCUT2D eigenvalue weighted by Crippen LogP contribution is 2.39. The minimum Gasteiger partial charge on any atom is -0.493 e. The van der Waals surface area contributed by atoms with Crippen molar-refractivity contribution in [3.05, 3.63) is 66.0 Å². The van der Waals surface area contributed by atoms with E-state index in [0.717, 1.165) is 5.56 Å². The van der Waals surface area contributed by atoms with Crippen molar-refractivity contribution < 1.29 is 19.0 Å². The molecule has 2 aromatic carbocycles.